The molecule has 1 aromatic carbocycles. The molecule has 0 radical (unpaired) electrons. The highest BCUT2D eigenvalue weighted by molar-refractivity contribution is 8.00. The van der Waals surface area contributed by atoms with Crippen LogP contribution in [0.3, 0.4) is 0 Å². The Kier molecular flexibility index (Phi) is 4.44. The van der Waals surface area contributed by atoms with Crippen LogP contribution in [0.25, 0.3) is 0 Å². The van der Waals surface area contributed by atoms with Crippen molar-refractivity contribution in [1.29, 1.82) is 0 Å². The minimum atomic E-state index is -0.129. The minimum Gasteiger partial charge on any atom is -0.351 e. The third kappa shape index (κ3) is 3.27. The highest BCUT2D eigenvalue weighted by Gasteiger charge is 2.23. The summed E-state index contributed by atoms with van der Waals surface area (Å²) in [7, 11) is 1.83. The normalized spacial score (nSPS) is 17.6. The Bertz CT molecular complexity index is 505. The zero-order chi connectivity index (χ0) is 13.8. The van der Waals surface area contributed by atoms with E-state index >= 15 is 0 Å². The summed E-state index contributed by atoms with van der Waals surface area (Å²) in [4.78, 5) is 24.5. The maximum absolute atomic E-state index is 11.9. The lowest BCUT2D eigenvalue weighted by atomic mass is 10.1. The number of nitrogens with one attached hydrogen (secondary N) is 3. The zero-order valence-electron chi connectivity index (χ0n) is 10.9. The van der Waals surface area contributed by atoms with Gasteiger partial charge < -0.3 is 16.0 Å². The SMILES string of the molecule is CNCCNC(=O)c1ccc2c(c1)NC(=O)C(C)S2. The monoisotopic (exact) mass is 279 g/mol. The molecule has 19 heavy (non-hydrogen) atoms. The van der Waals surface area contributed by atoms with Crippen molar-refractivity contribution in [3.05, 3.63) is 23.8 Å². The van der Waals surface area contributed by atoms with Gasteiger partial charge in [-0.1, -0.05) is 0 Å². The average Bonchev–Trinajstić information content (AvgIpc) is 2.40. The topological polar surface area (TPSA) is 70.2 Å². The van der Waals surface area contributed by atoms with E-state index in [1.807, 2.05) is 20.0 Å². The molecule has 2 amide bonds. The molecule has 2 rings (SSSR count). The van der Waals surface area contributed by atoms with Crippen molar-refractivity contribution in [3.8, 4) is 0 Å². The summed E-state index contributed by atoms with van der Waals surface area (Å²) in [6.45, 7) is 3.16. The van der Waals surface area contributed by atoms with Gasteiger partial charge in [0.1, 0.15) is 0 Å². The molecule has 0 saturated carbocycles. The average molecular weight is 279 g/mol. The van der Waals surface area contributed by atoms with E-state index in [0.717, 1.165) is 17.1 Å². The van der Waals surface area contributed by atoms with Crippen molar-refractivity contribution >= 4 is 29.3 Å². The lowest BCUT2D eigenvalue weighted by Gasteiger charge is -2.21. The lowest BCUT2D eigenvalue weighted by molar-refractivity contribution is -0.115. The summed E-state index contributed by atoms with van der Waals surface area (Å²) in [5.74, 6) is -0.152. The lowest BCUT2D eigenvalue weighted by Crippen LogP contribution is -2.31. The van der Waals surface area contributed by atoms with Gasteiger partial charge in [-0.2, -0.15) is 0 Å². The van der Waals surface area contributed by atoms with E-state index in [2.05, 4.69) is 16.0 Å². The number of anilines is 1. The van der Waals surface area contributed by atoms with Gasteiger partial charge in [-0.3, -0.25) is 9.59 Å². The van der Waals surface area contributed by atoms with E-state index in [-0.39, 0.29) is 17.1 Å². The molecule has 5 nitrogen and oxygen atoms in total. The van der Waals surface area contributed by atoms with Crippen LogP contribution < -0.4 is 16.0 Å². The summed E-state index contributed by atoms with van der Waals surface area (Å²) < 4.78 is 0. The first-order valence-electron chi connectivity index (χ1n) is 6.16. The van der Waals surface area contributed by atoms with Gasteiger partial charge in [0, 0.05) is 23.5 Å². The van der Waals surface area contributed by atoms with Gasteiger partial charge in [-0.25, -0.2) is 0 Å². The first kappa shape index (κ1) is 13.9. The highest BCUT2D eigenvalue weighted by atomic mass is 32.2. The zero-order valence-corrected chi connectivity index (χ0v) is 11.8. The van der Waals surface area contributed by atoms with Crippen LogP contribution in [0.4, 0.5) is 5.69 Å². The summed E-state index contributed by atoms with van der Waals surface area (Å²) in [6, 6.07) is 5.38. The molecule has 0 spiro atoms. The number of fused-ring (bicyclic) bond motifs is 1. The molecule has 1 aliphatic heterocycles. The van der Waals surface area contributed by atoms with Gasteiger partial charge in [0.15, 0.2) is 0 Å². The molecule has 1 atom stereocenters. The summed E-state index contributed by atoms with van der Waals surface area (Å²) in [5, 5.41) is 8.49. The number of thioether (sulfide) groups is 1. The van der Waals surface area contributed by atoms with E-state index in [4.69, 9.17) is 0 Å². The van der Waals surface area contributed by atoms with Crippen LogP contribution in [-0.2, 0) is 4.79 Å². The van der Waals surface area contributed by atoms with E-state index in [1.54, 1.807) is 12.1 Å². The Morgan fingerprint density at radius 1 is 1.42 bits per heavy atom. The summed E-state index contributed by atoms with van der Waals surface area (Å²) in [5.41, 5.74) is 1.28. The molecular weight excluding hydrogens is 262 g/mol. The molecule has 1 heterocycles. The van der Waals surface area contributed by atoms with Crippen LogP contribution >= 0.6 is 11.8 Å². The molecule has 6 heteroatoms. The van der Waals surface area contributed by atoms with Crippen molar-refractivity contribution in [2.75, 3.05) is 25.5 Å². The minimum absolute atomic E-state index is 0.0229. The van der Waals surface area contributed by atoms with Gasteiger partial charge in [0.25, 0.3) is 5.91 Å². The summed E-state index contributed by atoms with van der Waals surface area (Å²) >= 11 is 1.51. The van der Waals surface area contributed by atoms with Crippen LogP contribution in [0.2, 0.25) is 0 Å². The Hall–Kier alpha value is -1.53. The van der Waals surface area contributed by atoms with Gasteiger partial charge in [-0.15, -0.1) is 11.8 Å². The third-order valence-electron chi connectivity index (χ3n) is 2.83. The molecule has 102 valence electrons. The van der Waals surface area contributed by atoms with Crippen molar-refractivity contribution in [1.82, 2.24) is 10.6 Å². The quantitative estimate of drug-likeness (QED) is 0.721. The number of carbonyl (C=O) groups is 2. The second-order valence-corrected chi connectivity index (χ2v) is 5.70. The van der Waals surface area contributed by atoms with Crippen LogP contribution in [-0.4, -0.2) is 37.2 Å². The van der Waals surface area contributed by atoms with Gasteiger partial charge in [-0.05, 0) is 32.2 Å². The number of hydrogen-bond acceptors (Lipinski definition) is 4. The highest BCUT2D eigenvalue weighted by Crippen LogP contribution is 2.35. The van der Waals surface area contributed by atoms with E-state index in [9.17, 15) is 9.59 Å². The van der Waals surface area contributed by atoms with Crippen molar-refractivity contribution in [2.45, 2.75) is 17.1 Å². The largest absolute Gasteiger partial charge is 0.351 e. The number of benzene rings is 1. The number of likely N-dealkylation sites (N-methyl/N-ethyl adjacent to an activating group) is 1. The molecular formula is C13H17N3O2S. The first-order chi connectivity index (χ1) is 9.11. The molecule has 1 unspecified atom stereocenters. The van der Waals surface area contributed by atoms with Crippen LogP contribution in [0, 0.1) is 0 Å². The maximum Gasteiger partial charge on any atom is 0.251 e. The molecule has 0 saturated heterocycles. The molecule has 0 aromatic heterocycles. The fraction of sp³-hybridized carbons (Fsp3) is 0.385. The van der Waals surface area contributed by atoms with Crippen LogP contribution in [0.1, 0.15) is 17.3 Å². The number of rotatable bonds is 4. The maximum atomic E-state index is 11.9. The smallest absolute Gasteiger partial charge is 0.251 e. The Balaban J connectivity index is 2.10. The van der Waals surface area contributed by atoms with Crippen molar-refractivity contribution in [2.24, 2.45) is 0 Å². The molecule has 1 aromatic rings. The Morgan fingerprint density at radius 2 is 2.21 bits per heavy atom. The van der Waals surface area contributed by atoms with Gasteiger partial charge in [0.2, 0.25) is 5.91 Å². The van der Waals surface area contributed by atoms with Gasteiger partial charge >= 0.3 is 0 Å². The molecule has 3 N–H and O–H groups in total. The number of hydrogen-bond donors (Lipinski definition) is 3. The van der Waals surface area contributed by atoms with E-state index < -0.39 is 0 Å². The summed E-state index contributed by atoms with van der Waals surface area (Å²) in [6.07, 6.45) is 0. The van der Waals surface area contributed by atoms with Crippen molar-refractivity contribution < 1.29 is 9.59 Å². The molecule has 0 bridgehead atoms. The van der Waals surface area contributed by atoms with Crippen molar-refractivity contribution in [3.63, 3.8) is 0 Å². The second kappa shape index (κ2) is 6.08. The Labute approximate surface area is 116 Å². The predicted octanol–water partition coefficient (Wildman–Crippen LogP) is 1.07. The van der Waals surface area contributed by atoms with Gasteiger partial charge in [0.05, 0.1) is 10.9 Å². The standard InChI is InChI=1S/C13H17N3O2S/c1-8-12(17)16-10-7-9(3-4-11(10)19-8)13(18)15-6-5-14-2/h3-4,7-8,14H,5-6H2,1-2H3,(H,15,18)(H,16,17). The predicted molar refractivity (Wildman–Crippen MR) is 76.7 cm³/mol. The fourth-order valence-electron chi connectivity index (χ4n) is 1.75. The second-order valence-electron chi connectivity index (χ2n) is 4.32. The molecule has 0 aliphatic carbocycles. The number of amides is 2. The van der Waals surface area contributed by atoms with E-state index in [0.29, 0.717) is 12.1 Å². The Morgan fingerprint density at radius 3 is 2.95 bits per heavy atom. The van der Waals surface area contributed by atoms with E-state index in [1.165, 1.54) is 11.8 Å². The van der Waals surface area contributed by atoms with Crippen LogP contribution in [0.5, 0.6) is 0 Å². The van der Waals surface area contributed by atoms with Crippen LogP contribution in [0.15, 0.2) is 23.1 Å². The number of carbonyl (C=O) groups excluding carboxylic acids is 2. The third-order valence-corrected chi connectivity index (χ3v) is 4.01. The molecule has 0 fully saturated rings. The molecule has 1 aliphatic rings. The fourth-order valence-corrected chi connectivity index (χ4v) is 2.68. The first-order valence-corrected chi connectivity index (χ1v) is 7.04.